The second kappa shape index (κ2) is 2.34. The Hall–Kier alpha value is -0.590. The molecule has 0 aromatic heterocycles. The van der Waals surface area contributed by atoms with Gasteiger partial charge in [0.25, 0.3) is 0 Å². The molecule has 0 aromatic rings. The molecule has 0 unspecified atom stereocenters. The van der Waals surface area contributed by atoms with Crippen LogP contribution in [0.25, 0.3) is 0 Å². The number of nitriles is 1. The van der Waals surface area contributed by atoms with Crippen molar-refractivity contribution in [3.8, 4) is 6.07 Å². The average molecular weight is 126 g/mol. The second-order valence-corrected chi connectivity index (χ2v) is 2.52. The van der Waals surface area contributed by atoms with Gasteiger partial charge in [-0.3, -0.25) is 0 Å². The zero-order valence-corrected chi connectivity index (χ0v) is 5.41. The molecular weight excluding hydrogens is 116 g/mol. The van der Waals surface area contributed by atoms with Crippen molar-refractivity contribution >= 4 is 0 Å². The molecule has 3 nitrogen and oxygen atoms in total. The average Bonchev–Trinajstić information content (AvgIpc) is 2.10. The molecule has 1 saturated heterocycles. The van der Waals surface area contributed by atoms with E-state index < -0.39 is 6.10 Å². The maximum Gasteiger partial charge on any atom is 0.0861 e. The number of nitrogens with zero attached hydrogens (tertiary/aromatic N) is 2. The normalized spacial score (nSPS) is 36.6. The SMILES string of the molecule is CN1C[C@H](O)[C@@H](C#N)C1. The van der Waals surface area contributed by atoms with E-state index in [1.165, 1.54) is 0 Å². The molecule has 3 heteroatoms. The van der Waals surface area contributed by atoms with E-state index >= 15 is 0 Å². The van der Waals surface area contributed by atoms with Crippen molar-refractivity contribution in [2.75, 3.05) is 20.1 Å². The Kier molecular flexibility index (Phi) is 1.70. The van der Waals surface area contributed by atoms with Crippen molar-refractivity contribution in [1.29, 1.82) is 5.26 Å². The Morgan fingerprint density at radius 3 is 2.56 bits per heavy atom. The van der Waals surface area contributed by atoms with Crippen molar-refractivity contribution in [3.63, 3.8) is 0 Å². The lowest BCUT2D eigenvalue weighted by Crippen LogP contribution is -2.16. The summed E-state index contributed by atoms with van der Waals surface area (Å²) in [7, 11) is 1.90. The van der Waals surface area contributed by atoms with Crippen LogP contribution in [0.4, 0.5) is 0 Å². The van der Waals surface area contributed by atoms with Crippen molar-refractivity contribution in [1.82, 2.24) is 4.90 Å². The first-order chi connectivity index (χ1) is 4.24. The first kappa shape index (κ1) is 6.53. The Morgan fingerprint density at radius 1 is 1.67 bits per heavy atom. The van der Waals surface area contributed by atoms with Crippen LogP contribution in [-0.4, -0.2) is 36.2 Å². The van der Waals surface area contributed by atoms with Crippen LogP contribution >= 0.6 is 0 Å². The lowest BCUT2D eigenvalue weighted by Gasteiger charge is -2.02. The molecule has 2 atom stereocenters. The Morgan fingerprint density at radius 2 is 2.33 bits per heavy atom. The van der Waals surface area contributed by atoms with E-state index in [9.17, 15) is 0 Å². The molecule has 0 aliphatic carbocycles. The van der Waals surface area contributed by atoms with Crippen LogP contribution < -0.4 is 0 Å². The summed E-state index contributed by atoms with van der Waals surface area (Å²) in [5.41, 5.74) is 0. The molecule has 0 saturated carbocycles. The van der Waals surface area contributed by atoms with E-state index in [-0.39, 0.29) is 5.92 Å². The fourth-order valence-corrected chi connectivity index (χ4v) is 1.11. The lowest BCUT2D eigenvalue weighted by molar-refractivity contribution is 0.162. The zero-order chi connectivity index (χ0) is 6.85. The first-order valence-electron chi connectivity index (χ1n) is 3.00. The van der Waals surface area contributed by atoms with Gasteiger partial charge in [-0.1, -0.05) is 0 Å². The molecule has 9 heavy (non-hydrogen) atoms. The predicted octanol–water partition coefficient (Wildman–Crippen LogP) is -0.568. The Bertz CT molecular complexity index is 140. The molecule has 0 bridgehead atoms. The van der Waals surface area contributed by atoms with E-state index in [1.54, 1.807) is 0 Å². The molecule has 0 radical (unpaired) electrons. The monoisotopic (exact) mass is 126 g/mol. The third kappa shape index (κ3) is 1.21. The van der Waals surface area contributed by atoms with E-state index in [1.807, 2.05) is 11.9 Å². The van der Waals surface area contributed by atoms with Crippen LogP contribution in [0.1, 0.15) is 0 Å². The highest BCUT2D eigenvalue weighted by molar-refractivity contribution is 4.95. The molecule has 0 spiro atoms. The van der Waals surface area contributed by atoms with Gasteiger partial charge in [0.2, 0.25) is 0 Å². The molecular formula is C6H10N2O. The molecule has 1 aliphatic heterocycles. The minimum absolute atomic E-state index is 0.171. The summed E-state index contributed by atoms with van der Waals surface area (Å²) in [5.74, 6) is -0.171. The first-order valence-corrected chi connectivity index (χ1v) is 3.00. The minimum Gasteiger partial charge on any atom is -0.390 e. The van der Waals surface area contributed by atoms with E-state index in [4.69, 9.17) is 10.4 Å². The van der Waals surface area contributed by atoms with Gasteiger partial charge >= 0.3 is 0 Å². The summed E-state index contributed by atoms with van der Waals surface area (Å²) >= 11 is 0. The number of aliphatic hydroxyl groups is 1. The number of aliphatic hydroxyl groups excluding tert-OH is 1. The number of hydrogen-bond donors (Lipinski definition) is 1. The summed E-state index contributed by atoms with van der Waals surface area (Å²) in [6.07, 6.45) is -0.431. The van der Waals surface area contributed by atoms with Crippen LogP contribution in [-0.2, 0) is 0 Å². The highest BCUT2D eigenvalue weighted by Crippen LogP contribution is 2.13. The molecule has 0 amide bonds. The molecule has 50 valence electrons. The minimum atomic E-state index is -0.431. The third-order valence-electron chi connectivity index (χ3n) is 1.64. The molecule has 0 aromatic carbocycles. The fourth-order valence-electron chi connectivity index (χ4n) is 1.11. The fraction of sp³-hybridized carbons (Fsp3) is 0.833. The maximum atomic E-state index is 9.10. The smallest absolute Gasteiger partial charge is 0.0861 e. The molecule has 1 heterocycles. The Labute approximate surface area is 54.5 Å². The van der Waals surface area contributed by atoms with Crippen molar-refractivity contribution in [2.45, 2.75) is 6.10 Å². The lowest BCUT2D eigenvalue weighted by atomic mass is 10.1. The van der Waals surface area contributed by atoms with E-state index in [0.717, 1.165) is 0 Å². The van der Waals surface area contributed by atoms with Gasteiger partial charge in [0, 0.05) is 13.1 Å². The van der Waals surface area contributed by atoms with Crippen LogP contribution in [0, 0.1) is 17.2 Å². The summed E-state index contributed by atoms with van der Waals surface area (Å²) in [6.45, 7) is 1.34. The molecule has 1 N–H and O–H groups in total. The van der Waals surface area contributed by atoms with Gasteiger partial charge in [-0.2, -0.15) is 5.26 Å². The summed E-state index contributed by atoms with van der Waals surface area (Å²) < 4.78 is 0. The number of hydrogen-bond acceptors (Lipinski definition) is 3. The second-order valence-electron chi connectivity index (χ2n) is 2.52. The maximum absolute atomic E-state index is 9.10. The molecule has 1 rings (SSSR count). The quantitative estimate of drug-likeness (QED) is 0.473. The van der Waals surface area contributed by atoms with Crippen molar-refractivity contribution < 1.29 is 5.11 Å². The van der Waals surface area contributed by atoms with Crippen molar-refractivity contribution in [3.05, 3.63) is 0 Å². The standard InChI is InChI=1S/C6H10N2O/c1-8-3-5(2-7)6(9)4-8/h5-6,9H,3-4H2,1H3/t5-,6-/m0/s1. The third-order valence-corrected chi connectivity index (χ3v) is 1.64. The number of likely N-dealkylation sites (tertiary alicyclic amines) is 1. The molecule has 1 fully saturated rings. The topological polar surface area (TPSA) is 47.3 Å². The van der Waals surface area contributed by atoms with Crippen molar-refractivity contribution in [2.24, 2.45) is 5.92 Å². The van der Waals surface area contributed by atoms with Gasteiger partial charge in [-0.25, -0.2) is 0 Å². The molecule has 1 aliphatic rings. The summed E-state index contributed by atoms with van der Waals surface area (Å²) in [4.78, 5) is 1.96. The zero-order valence-electron chi connectivity index (χ0n) is 5.41. The van der Waals surface area contributed by atoms with E-state index in [0.29, 0.717) is 13.1 Å². The van der Waals surface area contributed by atoms with Gasteiger partial charge < -0.3 is 10.0 Å². The Balaban J connectivity index is 2.50. The van der Waals surface area contributed by atoms with Crippen LogP contribution in [0.3, 0.4) is 0 Å². The highest BCUT2D eigenvalue weighted by Gasteiger charge is 2.28. The van der Waals surface area contributed by atoms with E-state index in [2.05, 4.69) is 6.07 Å². The summed E-state index contributed by atoms with van der Waals surface area (Å²) in [5, 5.41) is 17.5. The summed E-state index contributed by atoms with van der Waals surface area (Å²) in [6, 6.07) is 2.05. The largest absolute Gasteiger partial charge is 0.390 e. The van der Waals surface area contributed by atoms with Gasteiger partial charge in [-0.05, 0) is 7.05 Å². The predicted molar refractivity (Wildman–Crippen MR) is 32.6 cm³/mol. The number of likely N-dealkylation sites (N-methyl/N-ethyl adjacent to an activating group) is 1. The van der Waals surface area contributed by atoms with Gasteiger partial charge in [-0.15, -0.1) is 0 Å². The van der Waals surface area contributed by atoms with Gasteiger partial charge in [0.1, 0.15) is 0 Å². The van der Waals surface area contributed by atoms with Gasteiger partial charge in [0.15, 0.2) is 0 Å². The van der Waals surface area contributed by atoms with Crippen LogP contribution in [0.15, 0.2) is 0 Å². The van der Waals surface area contributed by atoms with Gasteiger partial charge in [0.05, 0.1) is 18.1 Å². The van der Waals surface area contributed by atoms with Crippen LogP contribution in [0.2, 0.25) is 0 Å². The number of rotatable bonds is 0. The van der Waals surface area contributed by atoms with Crippen LogP contribution in [0.5, 0.6) is 0 Å². The highest BCUT2D eigenvalue weighted by atomic mass is 16.3. The number of β-amino-alcohol motifs (C(OH)–C–C–N with tert-alkyl or cyclic N) is 1.